The zero-order chi connectivity index (χ0) is 19.6. The van der Waals surface area contributed by atoms with Gasteiger partial charge in [-0.05, 0) is 59.7 Å². The summed E-state index contributed by atoms with van der Waals surface area (Å²) in [6.07, 6.45) is 5.39. The Kier molecular flexibility index (Phi) is 6.03. The summed E-state index contributed by atoms with van der Waals surface area (Å²) in [5.74, 6) is 1.10. The van der Waals surface area contributed by atoms with Crippen LogP contribution in [0.4, 0.5) is 0 Å². The van der Waals surface area contributed by atoms with Crippen LogP contribution < -0.4 is 4.74 Å². The predicted molar refractivity (Wildman–Crippen MR) is 113 cm³/mol. The van der Waals surface area contributed by atoms with Crippen LogP contribution in [-0.2, 0) is 10.1 Å². The highest BCUT2D eigenvalue weighted by Crippen LogP contribution is 2.27. The van der Waals surface area contributed by atoms with Crippen LogP contribution in [0.2, 0.25) is 0 Å². The van der Waals surface area contributed by atoms with Crippen molar-refractivity contribution in [2.45, 2.75) is 4.90 Å². The average molecular weight is 429 g/mol. The normalized spacial score (nSPS) is 10.9. The van der Waals surface area contributed by atoms with Crippen molar-refractivity contribution < 1.29 is 17.7 Å². The lowest BCUT2D eigenvalue weighted by molar-refractivity contribution is 0.478. The minimum atomic E-state index is -4.21. The molecule has 6 nitrogen and oxygen atoms in total. The van der Waals surface area contributed by atoms with E-state index in [0.717, 1.165) is 16.8 Å². The molecule has 0 spiro atoms. The fraction of sp³-hybridized carbons (Fsp3) is 0. The molecule has 8 heteroatoms. The second-order valence-corrected chi connectivity index (χ2v) is 7.51. The molecule has 0 unspecified atom stereocenters. The molecule has 4 rings (SSSR count). The van der Waals surface area contributed by atoms with E-state index in [1.807, 2.05) is 59.3 Å². The van der Waals surface area contributed by atoms with Crippen molar-refractivity contribution in [3.8, 4) is 28.3 Å². The Morgan fingerprint density at radius 2 is 1.31 bits per heavy atom. The Bertz CT molecular complexity index is 1170. The molecule has 0 atom stereocenters. The Labute approximate surface area is 174 Å². The highest BCUT2D eigenvalue weighted by atomic mass is 35.5. The van der Waals surface area contributed by atoms with Gasteiger partial charge in [-0.3, -0.25) is 4.55 Å². The molecule has 3 aromatic carbocycles. The van der Waals surface area contributed by atoms with Crippen molar-refractivity contribution >= 4 is 22.5 Å². The summed E-state index contributed by atoms with van der Waals surface area (Å²) in [4.78, 5) is 3.87. The highest BCUT2D eigenvalue weighted by molar-refractivity contribution is 7.85. The van der Waals surface area contributed by atoms with Gasteiger partial charge in [0.1, 0.15) is 11.5 Å². The first-order chi connectivity index (χ1) is 13.5. The largest absolute Gasteiger partial charge is 0.457 e. The molecule has 1 aromatic heterocycles. The summed E-state index contributed by atoms with van der Waals surface area (Å²) < 4.78 is 38.8. The highest BCUT2D eigenvalue weighted by Gasteiger charge is 2.09. The van der Waals surface area contributed by atoms with E-state index < -0.39 is 10.1 Å². The molecule has 4 aromatic rings. The summed E-state index contributed by atoms with van der Waals surface area (Å²) in [6.45, 7) is 0. The fourth-order valence-electron chi connectivity index (χ4n) is 2.77. The summed E-state index contributed by atoms with van der Waals surface area (Å²) in [5.41, 5.74) is 3.16. The molecule has 0 saturated carbocycles. The van der Waals surface area contributed by atoms with Gasteiger partial charge in [-0.2, -0.15) is 8.42 Å². The molecule has 1 heterocycles. The quantitative estimate of drug-likeness (QED) is 0.452. The van der Waals surface area contributed by atoms with E-state index >= 15 is 0 Å². The van der Waals surface area contributed by atoms with E-state index in [4.69, 9.17) is 9.29 Å². The van der Waals surface area contributed by atoms with Crippen LogP contribution in [0.5, 0.6) is 11.5 Å². The molecule has 0 aliphatic rings. The van der Waals surface area contributed by atoms with Gasteiger partial charge >= 0.3 is 0 Å². The van der Waals surface area contributed by atoms with E-state index in [1.54, 1.807) is 12.5 Å². The van der Waals surface area contributed by atoms with Gasteiger partial charge in [-0.1, -0.05) is 24.3 Å². The monoisotopic (exact) mass is 428 g/mol. The predicted octanol–water partition coefficient (Wildman–Crippen LogP) is 5.00. The summed E-state index contributed by atoms with van der Waals surface area (Å²) in [5, 5.41) is 0. The number of halogens is 1. The molecule has 29 heavy (non-hydrogen) atoms. The van der Waals surface area contributed by atoms with Crippen molar-refractivity contribution in [1.82, 2.24) is 9.55 Å². The zero-order valence-corrected chi connectivity index (χ0v) is 16.7. The van der Waals surface area contributed by atoms with Crippen LogP contribution in [0.15, 0.2) is 96.4 Å². The van der Waals surface area contributed by atoms with Crippen LogP contribution in [-0.4, -0.2) is 22.5 Å². The van der Waals surface area contributed by atoms with Crippen molar-refractivity contribution in [2.75, 3.05) is 0 Å². The van der Waals surface area contributed by atoms with Crippen molar-refractivity contribution in [2.24, 2.45) is 0 Å². The number of imidazole rings is 1. The lowest BCUT2D eigenvalue weighted by Crippen LogP contribution is -1.97. The third kappa shape index (κ3) is 4.83. The summed E-state index contributed by atoms with van der Waals surface area (Å²) in [7, 11) is -4.21. The van der Waals surface area contributed by atoms with E-state index in [2.05, 4.69) is 4.98 Å². The SMILES string of the molecule is Cl.O=S(=O)(O)c1ccc(Oc2ccc(-c3ccc(-n4ccnc4)cc3)cc2)cc1. The van der Waals surface area contributed by atoms with Gasteiger partial charge in [0.15, 0.2) is 0 Å². The van der Waals surface area contributed by atoms with Crippen molar-refractivity contribution in [1.29, 1.82) is 0 Å². The van der Waals surface area contributed by atoms with E-state index in [9.17, 15) is 8.42 Å². The fourth-order valence-corrected chi connectivity index (χ4v) is 3.25. The number of rotatable bonds is 5. The number of hydrogen-bond acceptors (Lipinski definition) is 4. The Morgan fingerprint density at radius 3 is 1.79 bits per heavy atom. The molecular weight excluding hydrogens is 412 g/mol. The first-order valence-electron chi connectivity index (χ1n) is 8.43. The Hall–Kier alpha value is -3.13. The number of benzene rings is 3. The molecule has 0 aliphatic heterocycles. The lowest BCUT2D eigenvalue weighted by atomic mass is 10.1. The molecule has 0 radical (unpaired) electrons. The van der Waals surface area contributed by atoms with Gasteiger partial charge < -0.3 is 9.30 Å². The standard InChI is InChI=1S/C21H16N2O4S.ClH/c24-28(25,26)21-11-9-20(10-12-21)27-19-7-3-17(4-8-19)16-1-5-18(6-2-16)23-14-13-22-15-23;/h1-15H,(H,24,25,26);1H. The maximum atomic E-state index is 11.1. The topological polar surface area (TPSA) is 81.4 Å². The molecule has 1 N–H and O–H groups in total. The van der Waals surface area contributed by atoms with Crippen LogP contribution >= 0.6 is 12.4 Å². The molecule has 148 valence electrons. The molecule has 0 amide bonds. The molecule has 0 aliphatic carbocycles. The number of hydrogen-bond donors (Lipinski definition) is 1. The first-order valence-corrected chi connectivity index (χ1v) is 9.87. The van der Waals surface area contributed by atoms with Gasteiger partial charge in [0, 0.05) is 18.1 Å². The number of nitrogens with zero attached hydrogens (tertiary/aromatic N) is 2. The Balaban J connectivity index is 0.00000240. The van der Waals surface area contributed by atoms with E-state index in [0.29, 0.717) is 11.5 Å². The zero-order valence-electron chi connectivity index (χ0n) is 15.0. The van der Waals surface area contributed by atoms with Crippen LogP contribution in [0.25, 0.3) is 16.8 Å². The lowest BCUT2D eigenvalue weighted by Gasteiger charge is -2.08. The maximum absolute atomic E-state index is 11.1. The minimum absolute atomic E-state index is 0. The van der Waals surface area contributed by atoms with E-state index in [1.165, 1.54) is 24.3 Å². The van der Waals surface area contributed by atoms with Crippen molar-refractivity contribution in [3.05, 3.63) is 91.5 Å². The first kappa shape index (κ1) is 20.6. The van der Waals surface area contributed by atoms with E-state index in [-0.39, 0.29) is 17.3 Å². The van der Waals surface area contributed by atoms with Gasteiger partial charge in [-0.25, -0.2) is 4.98 Å². The molecule has 0 bridgehead atoms. The van der Waals surface area contributed by atoms with Gasteiger partial charge in [0.05, 0.1) is 11.2 Å². The van der Waals surface area contributed by atoms with Crippen molar-refractivity contribution in [3.63, 3.8) is 0 Å². The summed E-state index contributed by atoms with van der Waals surface area (Å²) >= 11 is 0. The second kappa shape index (κ2) is 8.48. The third-order valence-electron chi connectivity index (χ3n) is 4.21. The van der Waals surface area contributed by atoms with Crippen LogP contribution in [0, 0.1) is 0 Å². The van der Waals surface area contributed by atoms with Crippen LogP contribution in [0.1, 0.15) is 0 Å². The Morgan fingerprint density at radius 1 is 0.793 bits per heavy atom. The average Bonchev–Trinajstić information content (AvgIpc) is 3.23. The second-order valence-electron chi connectivity index (χ2n) is 6.09. The number of ether oxygens (including phenoxy) is 1. The summed E-state index contributed by atoms with van der Waals surface area (Å²) in [6, 6.07) is 21.3. The molecule has 0 fully saturated rings. The smallest absolute Gasteiger partial charge is 0.294 e. The minimum Gasteiger partial charge on any atom is -0.457 e. The molecular formula is C21H17ClN2O4S. The van der Waals surface area contributed by atoms with Gasteiger partial charge in [0.25, 0.3) is 10.1 Å². The third-order valence-corrected chi connectivity index (χ3v) is 5.08. The van der Waals surface area contributed by atoms with Gasteiger partial charge in [0.2, 0.25) is 0 Å². The van der Waals surface area contributed by atoms with Gasteiger partial charge in [-0.15, -0.1) is 12.4 Å². The maximum Gasteiger partial charge on any atom is 0.294 e. The van der Waals surface area contributed by atoms with Crippen LogP contribution in [0.3, 0.4) is 0 Å². The number of aromatic nitrogens is 2. The molecule has 0 saturated heterocycles.